The number of likely N-dealkylation sites (tertiary alicyclic amines) is 1. The van der Waals surface area contributed by atoms with Crippen molar-refractivity contribution < 1.29 is 28.2 Å². The molecule has 3 aromatic rings. The molecular weight excluding hydrogens is 452 g/mol. The summed E-state index contributed by atoms with van der Waals surface area (Å²) >= 11 is 0. The van der Waals surface area contributed by atoms with Crippen molar-refractivity contribution in [2.24, 2.45) is 0 Å². The lowest BCUT2D eigenvalue weighted by Crippen LogP contribution is -2.31. The molecule has 7 heteroatoms. The number of carbonyl (C=O) groups excluding carboxylic acids is 2. The largest absolute Gasteiger partial charge is 0.507 e. The molecule has 0 radical (unpaired) electrons. The molecule has 1 N–H and O–H groups in total. The molecule has 0 bridgehead atoms. The monoisotopic (exact) mass is 477 g/mol. The van der Waals surface area contributed by atoms with Crippen LogP contribution in [-0.2, 0) is 16.0 Å². The average Bonchev–Trinajstić information content (AvgIpc) is 3.08. The third-order valence-electron chi connectivity index (χ3n) is 5.76. The molecule has 180 valence electrons. The first-order valence-corrected chi connectivity index (χ1v) is 11.3. The number of hydrogen-bond donors (Lipinski definition) is 1. The van der Waals surface area contributed by atoms with Gasteiger partial charge in [0.05, 0.1) is 17.7 Å². The van der Waals surface area contributed by atoms with Crippen LogP contribution in [0.1, 0.15) is 36.6 Å². The summed E-state index contributed by atoms with van der Waals surface area (Å²) in [5.74, 6) is -2.26. The van der Waals surface area contributed by atoms with E-state index >= 15 is 0 Å². The Hall–Kier alpha value is -4.00. The van der Waals surface area contributed by atoms with Crippen LogP contribution in [0.25, 0.3) is 5.76 Å². The highest BCUT2D eigenvalue weighted by Gasteiger charge is 2.46. The van der Waals surface area contributed by atoms with Crippen LogP contribution in [0, 0.1) is 11.6 Å². The van der Waals surface area contributed by atoms with Gasteiger partial charge < -0.3 is 14.7 Å². The smallest absolute Gasteiger partial charge is 0.295 e. The minimum Gasteiger partial charge on any atom is -0.507 e. The number of ether oxygens (including phenoxy) is 1. The zero-order chi connectivity index (χ0) is 25.1. The predicted octanol–water partition coefficient (Wildman–Crippen LogP) is 5.42. The molecule has 0 saturated carbocycles. The van der Waals surface area contributed by atoms with Gasteiger partial charge in [0.15, 0.2) is 0 Å². The predicted molar refractivity (Wildman–Crippen MR) is 128 cm³/mol. The van der Waals surface area contributed by atoms with Crippen molar-refractivity contribution in [2.45, 2.75) is 32.4 Å². The number of rotatable bonds is 7. The van der Waals surface area contributed by atoms with Crippen LogP contribution >= 0.6 is 0 Å². The molecule has 3 aromatic carbocycles. The standard InChI is InChI=1S/C28H25F2NO4/c1-17(2)35-23-5-3-4-20(16-23)25-24(26(32)19-8-12-22(30)13-9-19)27(33)28(34)31(25)15-14-18-6-10-21(29)11-7-18/h3-13,16-17,25,32H,14-15H2,1-2H3/b26-24-. The van der Waals surface area contributed by atoms with Gasteiger partial charge >= 0.3 is 0 Å². The van der Waals surface area contributed by atoms with Gasteiger partial charge in [-0.2, -0.15) is 0 Å². The summed E-state index contributed by atoms with van der Waals surface area (Å²) < 4.78 is 32.5. The fourth-order valence-corrected chi connectivity index (χ4v) is 4.15. The van der Waals surface area contributed by atoms with Crippen molar-refractivity contribution >= 4 is 17.4 Å². The lowest BCUT2D eigenvalue weighted by atomic mass is 9.95. The summed E-state index contributed by atoms with van der Waals surface area (Å²) in [5.41, 5.74) is 1.53. The third-order valence-corrected chi connectivity index (χ3v) is 5.76. The number of halogens is 2. The Morgan fingerprint density at radius 1 is 0.971 bits per heavy atom. The zero-order valence-electron chi connectivity index (χ0n) is 19.4. The van der Waals surface area contributed by atoms with E-state index in [4.69, 9.17) is 4.74 Å². The van der Waals surface area contributed by atoms with E-state index in [9.17, 15) is 23.5 Å². The van der Waals surface area contributed by atoms with E-state index < -0.39 is 23.5 Å². The number of Topliss-reactive ketones (excluding diaryl/α,β-unsaturated/α-hetero) is 1. The van der Waals surface area contributed by atoms with Crippen LogP contribution in [0.15, 0.2) is 78.4 Å². The summed E-state index contributed by atoms with van der Waals surface area (Å²) in [5, 5.41) is 11.1. The van der Waals surface area contributed by atoms with E-state index in [1.165, 1.54) is 41.3 Å². The number of hydrogen-bond acceptors (Lipinski definition) is 4. The number of amides is 1. The first-order chi connectivity index (χ1) is 16.7. The molecule has 1 atom stereocenters. The van der Waals surface area contributed by atoms with Crippen molar-refractivity contribution in [3.8, 4) is 5.75 Å². The van der Waals surface area contributed by atoms with Gasteiger partial charge in [-0.1, -0.05) is 24.3 Å². The lowest BCUT2D eigenvalue weighted by Gasteiger charge is -2.26. The minimum atomic E-state index is -0.879. The van der Waals surface area contributed by atoms with Crippen LogP contribution in [0.2, 0.25) is 0 Å². The first-order valence-electron chi connectivity index (χ1n) is 11.3. The SMILES string of the molecule is CC(C)Oc1cccc(C2/C(=C(/O)c3ccc(F)cc3)C(=O)C(=O)N2CCc2ccc(F)cc2)c1. The fraction of sp³-hybridized carbons (Fsp3) is 0.214. The maximum atomic E-state index is 13.4. The van der Waals surface area contributed by atoms with E-state index in [2.05, 4.69) is 0 Å². The highest BCUT2D eigenvalue weighted by atomic mass is 19.1. The molecule has 0 aromatic heterocycles. The Kier molecular flexibility index (Phi) is 6.96. The van der Waals surface area contributed by atoms with Crippen molar-refractivity contribution in [3.63, 3.8) is 0 Å². The summed E-state index contributed by atoms with van der Waals surface area (Å²) in [4.78, 5) is 27.6. The molecule has 1 saturated heterocycles. The average molecular weight is 478 g/mol. The molecule has 0 spiro atoms. The van der Waals surface area contributed by atoms with Gasteiger partial charge in [0.25, 0.3) is 11.7 Å². The number of aliphatic hydroxyl groups is 1. The quantitative estimate of drug-likeness (QED) is 0.281. The number of benzene rings is 3. The molecule has 1 fully saturated rings. The summed E-state index contributed by atoms with van der Waals surface area (Å²) in [6.07, 6.45) is 0.289. The Morgan fingerprint density at radius 2 is 1.60 bits per heavy atom. The highest BCUT2D eigenvalue weighted by molar-refractivity contribution is 6.46. The van der Waals surface area contributed by atoms with Crippen LogP contribution in [-0.4, -0.2) is 34.3 Å². The van der Waals surface area contributed by atoms with Gasteiger partial charge in [-0.3, -0.25) is 9.59 Å². The van der Waals surface area contributed by atoms with Crippen molar-refractivity contribution in [3.05, 3.63) is 107 Å². The van der Waals surface area contributed by atoms with Gasteiger partial charge in [0.1, 0.15) is 23.1 Å². The first kappa shape index (κ1) is 24.1. The second-order valence-corrected chi connectivity index (χ2v) is 8.61. The van der Waals surface area contributed by atoms with Crippen molar-refractivity contribution in [2.75, 3.05) is 6.54 Å². The number of ketones is 1. The van der Waals surface area contributed by atoms with Crippen LogP contribution < -0.4 is 4.74 Å². The second-order valence-electron chi connectivity index (χ2n) is 8.61. The molecule has 1 aliphatic heterocycles. The van der Waals surface area contributed by atoms with Gasteiger partial charge in [-0.15, -0.1) is 0 Å². The van der Waals surface area contributed by atoms with E-state index in [0.29, 0.717) is 17.7 Å². The van der Waals surface area contributed by atoms with Crippen molar-refractivity contribution in [1.29, 1.82) is 0 Å². The Morgan fingerprint density at radius 3 is 2.23 bits per heavy atom. The molecular formula is C28H25F2NO4. The molecule has 0 aliphatic carbocycles. The fourth-order valence-electron chi connectivity index (χ4n) is 4.15. The molecule has 1 aliphatic rings. The molecule has 35 heavy (non-hydrogen) atoms. The Bertz CT molecular complexity index is 1270. The van der Waals surface area contributed by atoms with Crippen molar-refractivity contribution in [1.82, 2.24) is 4.90 Å². The summed E-state index contributed by atoms with van der Waals surface area (Å²) in [6, 6.07) is 17.1. The molecule has 4 rings (SSSR count). The van der Waals surface area contributed by atoms with Crippen LogP contribution in [0.4, 0.5) is 8.78 Å². The maximum Gasteiger partial charge on any atom is 0.295 e. The van der Waals surface area contributed by atoms with E-state index in [1.54, 1.807) is 36.4 Å². The van der Waals surface area contributed by atoms with Crippen LogP contribution in [0.3, 0.4) is 0 Å². The van der Waals surface area contributed by atoms with Gasteiger partial charge in [-0.25, -0.2) is 8.78 Å². The zero-order valence-corrected chi connectivity index (χ0v) is 19.4. The lowest BCUT2D eigenvalue weighted by molar-refractivity contribution is -0.139. The third kappa shape index (κ3) is 5.24. The van der Waals surface area contributed by atoms with E-state index in [0.717, 1.165) is 5.56 Å². The Labute approximate surface area is 202 Å². The normalized spacial score (nSPS) is 17.3. The highest BCUT2D eigenvalue weighted by Crippen LogP contribution is 2.40. The van der Waals surface area contributed by atoms with Gasteiger partial charge in [-0.05, 0) is 79.9 Å². The van der Waals surface area contributed by atoms with Gasteiger partial charge in [0, 0.05) is 12.1 Å². The summed E-state index contributed by atoms with van der Waals surface area (Å²) in [6.45, 7) is 3.93. The number of nitrogens with zero attached hydrogens (tertiary/aromatic N) is 1. The van der Waals surface area contributed by atoms with Crippen LogP contribution in [0.5, 0.6) is 5.75 Å². The number of carbonyl (C=O) groups is 2. The molecule has 5 nitrogen and oxygen atoms in total. The van der Waals surface area contributed by atoms with E-state index in [-0.39, 0.29) is 35.4 Å². The van der Waals surface area contributed by atoms with E-state index in [1.807, 2.05) is 13.8 Å². The topological polar surface area (TPSA) is 66.8 Å². The number of aliphatic hydroxyl groups excluding tert-OH is 1. The maximum absolute atomic E-state index is 13.4. The van der Waals surface area contributed by atoms with Gasteiger partial charge in [0.2, 0.25) is 0 Å². The molecule has 1 heterocycles. The Balaban J connectivity index is 1.78. The second kappa shape index (κ2) is 10.1. The minimum absolute atomic E-state index is 0.0811. The molecule has 1 unspecified atom stereocenters. The summed E-state index contributed by atoms with van der Waals surface area (Å²) in [7, 11) is 0. The molecule has 1 amide bonds.